The number of rotatable bonds is 2. The van der Waals surface area contributed by atoms with E-state index in [1.165, 1.54) is 31.0 Å². The van der Waals surface area contributed by atoms with Gasteiger partial charge < -0.3 is 14.5 Å². The van der Waals surface area contributed by atoms with Gasteiger partial charge in [-0.3, -0.25) is 5.41 Å². The minimum absolute atomic E-state index is 0.462. The normalized spacial score (nSPS) is 9.47. The van der Waals surface area contributed by atoms with Gasteiger partial charge in [0, 0.05) is 27.2 Å². The second-order valence-corrected chi connectivity index (χ2v) is 3.48. The van der Waals surface area contributed by atoms with E-state index in [-0.39, 0.29) is 0 Å². The number of methoxy groups -OCH3 is 1. The van der Waals surface area contributed by atoms with E-state index >= 15 is 0 Å². The van der Waals surface area contributed by atoms with Crippen LogP contribution in [0.3, 0.4) is 0 Å². The van der Waals surface area contributed by atoms with Crippen LogP contribution in [-0.2, 0) is 4.74 Å². The summed E-state index contributed by atoms with van der Waals surface area (Å²) in [7, 11) is 4.26. The molecule has 7 nitrogen and oxygen atoms in total. The third kappa shape index (κ3) is 3.61. The van der Waals surface area contributed by atoms with E-state index in [2.05, 4.69) is 4.74 Å². The minimum Gasteiger partial charge on any atom is -0.468 e. The van der Waals surface area contributed by atoms with E-state index in [1.807, 2.05) is 0 Å². The number of carbonyl (C=O) groups excluding carboxylic acids is 2. The van der Waals surface area contributed by atoms with Crippen molar-refractivity contribution in [1.29, 1.82) is 5.41 Å². The molecule has 0 aromatic rings. The first-order chi connectivity index (χ1) is 7.90. The Morgan fingerprint density at radius 3 is 1.88 bits per heavy atom. The maximum atomic E-state index is 12.0. The van der Waals surface area contributed by atoms with Crippen molar-refractivity contribution in [2.24, 2.45) is 0 Å². The van der Waals surface area contributed by atoms with Crippen molar-refractivity contribution in [1.82, 2.24) is 14.7 Å². The van der Waals surface area contributed by atoms with Crippen LogP contribution in [0.15, 0.2) is 0 Å². The van der Waals surface area contributed by atoms with Crippen molar-refractivity contribution in [2.45, 2.75) is 13.8 Å². The lowest BCUT2D eigenvalue weighted by Gasteiger charge is -2.28. The number of hydrogen-bond acceptors (Lipinski definition) is 4. The van der Waals surface area contributed by atoms with Crippen LogP contribution in [0.1, 0.15) is 13.8 Å². The summed E-state index contributed by atoms with van der Waals surface area (Å²) in [6, 6.07) is -1.64. The van der Waals surface area contributed by atoms with Crippen molar-refractivity contribution < 1.29 is 14.3 Å². The van der Waals surface area contributed by atoms with Crippen molar-refractivity contribution in [2.75, 3.05) is 34.3 Å². The lowest BCUT2D eigenvalue weighted by molar-refractivity contribution is 0.156. The number of carbonyl (C=O) groups is 2. The van der Waals surface area contributed by atoms with Crippen LogP contribution < -0.4 is 0 Å². The SMILES string of the molecule is CCN(CC)C(=O)N(C(=N)OC)C(=O)N(C)C. The molecule has 1 N–H and O–H groups in total. The van der Waals surface area contributed by atoms with Crippen LogP contribution in [0.25, 0.3) is 0 Å². The molecule has 0 saturated heterocycles. The first-order valence-corrected chi connectivity index (χ1v) is 5.33. The van der Waals surface area contributed by atoms with Gasteiger partial charge in [-0.2, -0.15) is 4.90 Å². The summed E-state index contributed by atoms with van der Waals surface area (Å²) in [4.78, 5) is 27.2. The summed E-state index contributed by atoms with van der Waals surface area (Å²) >= 11 is 0. The van der Waals surface area contributed by atoms with Gasteiger partial charge in [-0.05, 0) is 13.8 Å². The van der Waals surface area contributed by atoms with Crippen LogP contribution >= 0.6 is 0 Å². The summed E-state index contributed by atoms with van der Waals surface area (Å²) in [5.41, 5.74) is 0. The van der Waals surface area contributed by atoms with Crippen LogP contribution in [0.2, 0.25) is 0 Å². The number of nitrogens with one attached hydrogen (secondary N) is 1. The van der Waals surface area contributed by atoms with Crippen molar-refractivity contribution in [3.8, 4) is 0 Å². The summed E-state index contributed by atoms with van der Waals surface area (Å²) in [6.45, 7) is 4.53. The predicted octanol–water partition coefficient (Wildman–Crippen LogP) is 1.01. The molecule has 0 rings (SSSR count). The molecule has 4 amide bonds. The standard InChI is InChI=1S/C10H20N4O3/c1-6-13(7-2)10(16)14(8(11)17-5)9(15)12(3)4/h11H,6-7H2,1-5H3. The number of hydrogen-bond donors (Lipinski definition) is 1. The Balaban J connectivity index is 5.12. The average molecular weight is 244 g/mol. The van der Waals surface area contributed by atoms with Gasteiger partial charge in [-0.25, -0.2) is 9.59 Å². The second kappa shape index (κ2) is 6.72. The highest BCUT2D eigenvalue weighted by atomic mass is 16.5. The molecule has 0 aliphatic heterocycles. The third-order valence-electron chi connectivity index (χ3n) is 2.20. The average Bonchev–Trinajstić information content (AvgIpc) is 2.30. The Morgan fingerprint density at radius 2 is 1.59 bits per heavy atom. The Kier molecular flexibility index (Phi) is 6.01. The number of urea groups is 2. The lowest BCUT2D eigenvalue weighted by Crippen LogP contribution is -2.52. The molecular weight excluding hydrogens is 224 g/mol. The fourth-order valence-electron chi connectivity index (χ4n) is 1.18. The number of nitrogens with zero attached hydrogens (tertiary/aromatic N) is 3. The maximum absolute atomic E-state index is 12.0. The van der Waals surface area contributed by atoms with Gasteiger partial charge in [0.2, 0.25) is 0 Å². The highest BCUT2D eigenvalue weighted by Crippen LogP contribution is 2.04. The lowest BCUT2D eigenvalue weighted by atomic mass is 10.5. The van der Waals surface area contributed by atoms with E-state index < -0.39 is 18.1 Å². The fraction of sp³-hybridized carbons (Fsp3) is 0.700. The van der Waals surface area contributed by atoms with Crippen molar-refractivity contribution in [3.05, 3.63) is 0 Å². The molecule has 0 aromatic carbocycles. The van der Waals surface area contributed by atoms with Crippen LogP contribution in [0.4, 0.5) is 9.59 Å². The molecule has 0 heterocycles. The molecule has 0 radical (unpaired) electrons. The molecule has 0 atom stereocenters. The van der Waals surface area contributed by atoms with Crippen LogP contribution in [0, 0.1) is 5.41 Å². The molecule has 0 spiro atoms. The first kappa shape index (κ1) is 15.2. The Labute approximate surface area is 101 Å². The molecule has 98 valence electrons. The molecule has 0 aromatic heterocycles. The van der Waals surface area contributed by atoms with Gasteiger partial charge in [0.15, 0.2) is 0 Å². The third-order valence-corrected chi connectivity index (χ3v) is 2.20. The molecule has 0 aliphatic carbocycles. The zero-order chi connectivity index (χ0) is 13.6. The molecule has 17 heavy (non-hydrogen) atoms. The minimum atomic E-state index is -0.603. The summed E-state index contributed by atoms with van der Waals surface area (Å²) < 4.78 is 4.66. The number of ether oxygens (including phenoxy) is 1. The smallest absolute Gasteiger partial charge is 0.336 e. The van der Waals surface area contributed by atoms with E-state index in [4.69, 9.17) is 5.41 Å². The molecule has 0 bridgehead atoms. The first-order valence-electron chi connectivity index (χ1n) is 5.33. The van der Waals surface area contributed by atoms with Gasteiger partial charge in [0.25, 0.3) is 0 Å². The Bertz CT molecular complexity index is 300. The molecule has 7 heteroatoms. The van der Waals surface area contributed by atoms with Gasteiger partial charge in [0.05, 0.1) is 7.11 Å². The van der Waals surface area contributed by atoms with E-state index in [0.29, 0.717) is 18.0 Å². The zero-order valence-corrected chi connectivity index (χ0v) is 11.0. The quantitative estimate of drug-likeness (QED) is 0.581. The van der Waals surface area contributed by atoms with E-state index in [0.717, 1.165) is 0 Å². The van der Waals surface area contributed by atoms with Crippen LogP contribution in [0.5, 0.6) is 0 Å². The maximum Gasteiger partial charge on any atom is 0.336 e. The van der Waals surface area contributed by atoms with Gasteiger partial charge in [0.1, 0.15) is 0 Å². The van der Waals surface area contributed by atoms with Crippen molar-refractivity contribution >= 4 is 18.1 Å². The number of amides is 4. The molecule has 0 aliphatic rings. The van der Waals surface area contributed by atoms with Gasteiger partial charge in [-0.1, -0.05) is 0 Å². The monoisotopic (exact) mass is 244 g/mol. The Hall–Kier alpha value is -1.79. The second-order valence-electron chi connectivity index (χ2n) is 3.48. The highest BCUT2D eigenvalue weighted by Gasteiger charge is 2.31. The zero-order valence-electron chi connectivity index (χ0n) is 11.0. The van der Waals surface area contributed by atoms with Gasteiger partial charge >= 0.3 is 18.1 Å². The van der Waals surface area contributed by atoms with Crippen LogP contribution in [-0.4, -0.2) is 67.1 Å². The molecular formula is C10H20N4O3. The molecule has 0 saturated carbocycles. The van der Waals surface area contributed by atoms with Crippen molar-refractivity contribution in [3.63, 3.8) is 0 Å². The summed E-state index contributed by atoms with van der Waals surface area (Å²) in [5.74, 6) is 0. The topological polar surface area (TPSA) is 76.9 Å². The fourth-order valence-corrected chi connectivity index (χ4v) is 1.18. The highest BCUT2D eigenvalue weighted by molar-refractivity contribution is 6.07. The summed E-state index contributed by atoms with van der Waals surface area (Å²) in [6.07, 6.45) is 0. The number of imide groups is 1. The summed E-state index contributed by atoms with van der Waals surface area (Å²) in [5, 5.41) is 7.50. The largest absolute Gasteiger partial charge is 0.468 e. The predicted molar refractivity (Wildman–Crippen MR) is 64.0 cm³/mol. The van der Waals surface area contributed by atoms with Gasteiger partial charge in [-0.15, -0.1) is 0 Å². The number of amidine groups is 1. The molecule has 0 fully saturated rings. The van der Waals surface area contributed by atoms with E-state index in [9.17, 15) is 9.59 Å². The van der Waals surface area contributed by atoms with E-state index in [1.54, 1.807) is 13.8 Å². The molecule has 0 unspecified atom stereocenters. The Morgan fingerprint density at radius 1 is 1.12 bits per heavy atom.